The fraction of sp³-hybridized carbons (Fsp3) is 0.727. The third-order valence-electron chi connectivity index (χ3n) is 6.59. The molecule has 0 saturated heterocycles. The number of aldehydes is 1. The molecule has 2 aliphatic rings. The number of carbonyl (C=O) groups excluding carboxylic acids is 2. The SMILES string of the molecule is CC.CC1CCC(C=O)CC1.CCCCC(=O)OC1CCCCC1.CNc1cc(C#CC(C)(C)C)sc1C(=O)O. The van der Waals surface area contributed by atoms with Crippen LogP contribution in [0.4, 0.5) is 5.69 Å². The molecule has 0 spiro atoms. The Morgan fingerprint density at radius 2 is 1.70 bits per heavy atom. The Bertz CT molecular complexity index is 907. The van der Waals surface area contributed by atoms with Crippen LogP contribution in [-0.2, 0) is 14.3 Å². The summed E-state index contributed by atoms with van der Waals surface area (Å²) < 4.78 is 5.35. The monoisotopic (exact) mass is 577 g/mol. The molecule has 2 N–H and O–H groups in total. The Morgan fingerprint density at radius 1 is 1.10 bits per heavy atom. The fourth-order valence-corrected chi connectivity index (χ4v) is 5.07. The van der Waals surface area contributed by atoms with Gasteiger partial charge in [-0.15, -0.1) is 11.3 Å². The minimum Gasteiger partial charge on any atom is -0.477 e. The van der Waals surface area contributed by atoms with E-state index in [1.54, 1.807) is 13.1 Å². The number of ether oxygens (including phenoxy) is 1. The first-order chi connectivity index (χ1) is 19.0. The molecule has 6 nitrogen and oxygen atoms in total. The molecule has 3 rings (SSSR count). The first-order valence-electron chi connectivity index (χ1n) is 15.2. The van der Waals surface area contributed by atoms with Gasteiger partial charge in [-0.2, -0.15) is 0 Å². The fourth-order valence-electron chi connectivity index (χ4n) is 4.22. The highest BCUT2D eigenvalue weighted by Crippen LogP contribution is 2.27. The molecule has 0 aliphatic heterocycles. The lowest BCUT2D eigenvalue weighted by atomic mass is 9.84. The minimum atomic E-state index is -0.918. The van der Waals surface area contributed by atoms with Crippen molar-refractivity contribution in [2.24, 2.45) is 17.3 Å². The van der Waals surface area contributed by atoms with E-state index >= 15 is 0 Å². The molecule has 0 radical (unpaired) electrons. The van der Waals surface area contributed by atoms with E-state index in [1.807, 2.05) is 34.6 Å². The molecule has 0 atom stereocenters. The number of aromatic carboxylic acids is 1. The minimum absolute atomic E-state index is 0.00810. The van der Waals surface area contributed by atoms with Crippen LogP contribution < -0.4 is 5.32 Å². The van der Waals surface area contributed by atoms with Gasteiger partial charge in [-0.3, -0.25) is 4.79 Å². The second-order valence-electron chi connectivity index (χ2n) is 11.4. The van der Waals surface area contributed by atoms with E-state index in [-0.39, 0.29) is 17.5 Å². The van der Waals surface area contributed by atoms with Crippen LogP contribution >= 0.6 is 11.3 Å². The summed E-state index contributed by atoms with van der Waals surface area (Å²) in [7, 11) is 1.70. The zero-order valence-corrected chi connectivity index (χ0v) is 27.2. The van der Waals surface area contributed by atoms with Crippen LogP contribution in [0.5, 0.6) is 0 Å². The summed E-state index contributed by atoms with van der Waals surface area (Å²) in [6.45, 7) is 14.4. The quantitative estimate of drug-likeness (QED) is 0.191. The molecule has 0 amide bonds. The molecule has 7 heteroatoms. The van der Waals surface area contributed by atoms with Gasteiger partial charge in [-0.1, -0.05) is 65.2 Å². The highest BCUT2D eigenvalue weighted by atomic mass is 32.1. The van der Waals surface area contributed by atoms with E-state index in [0.717, 1.165) is 55.6 Å². The number of carboxylic acid groups (broad SMARTS) is 1. The number of nitrogens with one attached hydrogen (secondary N) is 1. The molecule has 1 aromatic heterocycles. The lowest BCUT2D eigenvalue weighted by Gasteiger charge is -2.21. The number of carbonyl (C=O) groups is 3. The average Bonchev–Trinajstić information content (AvgIpc) is 3.37. The van der Waals surface area contributed by atoms with Gasteiger partial charge >= 0.3 is 11.9 Å². The van der Waals surface area contributed by atoms with Crippen LogP contribution in [0.1, 0.15) is 140 Å². The van der Waals surface area contributed by atoms with Crippen molar-refractivity contribution < 1.29 is 24.2 Å². The van der Waals surface area contributed by atoms with Crippen molar-refractivity contribution >= 4 is 35.2 Å². The number of hydrogen-bond donors (Lipinski definition) is 2. The van der Waals surface area contributed by atoms with E-state index < -0.39 is 5.97 Å². The zero-order valence-electron chi connectivity index (χ0n) is 26.4. The first kappa shape index (κ1) is 37.7. The second-order valence-corrected chi connectivity index (χ2v) is 12.5. The Labute approximate surface area is 248 Å². The number of esters is 1. The Morgan fingerprint density at radius 3 is 2.15 bits per heavy atom. The molecular weight excluding hydrogens is 522 g/mol. The topological polar surface area (TPSA) is 92.7 Å². The molecular formula is C33H55NO5S. The van der Waals surface area contributed by atoms with Gasteiger partial charge in [0.05, 0.1) is 10.6 Å². The predicted molar refractivity (Wildman–Crippen MR) is 168 cm³/mol. The summed E-state index contributed by atoms with van der Waals surface area (Å²) >= 11 is 1.20. The summed E-state index contributed by atoms with van der Waals surface area (Å²) in [5, 5.41) is 11.8. The normalized spacial score (nSPS) is 18.5. The largest absolute Gasteiger partial charge is 0.477 e. The number of rotatable bonds is 7. The van der Waals surface area contributed by atoms with E-state index in [2.05, 4.69) is 31.0 Å². The summed E-state index contributed by atoms with van der Waals surface area (Å²) in [5.74, 6) is 6.42. The maximum atomic E-state index is 11.2. The maximum absolute atomic E-state index is 11.2. The van der Waals surface area contributed by atoms with Crippen molar-refractivity contribution in [3.05, 3.63) is 15.8 Å². The highest BCUT2D eigenvalue weighted by Gasteiger charge is 2.18. The third-order valence-corrected chi connectivity index (χ3v) is 7.63. The van der Waals surface area contributed by atoms with Crippen molar-refractivity contribution in [3.8, 4) is 11.8 Å². The molecule has 1 heterocycles. The van der Waals surface area contributed by atoms with E-state index in [4.69, 9.17) is 9.84 Å². The zero-order chi connectivity index (χ0) is 30.6. The Hall–Kier alpha value is -2.33. The standard InChI is InChI=1S/C12H15NO2S.C11H20O2.C8H14O.C2H6/c1-12(2,3)6-5-8-7-9(13-4)10(16-8)11(14)15;1-2-3-9-11(12)13-10-7-5-4-6-8-10;1-7-2-4-8(6-9)5-3-7;1-2/h7,13H,1-4H3,(H,14,15);10H,2-9H2,1H3;6-8H,2-5H2,1H3;1-2H3. The lowest BCUT2D eigenvalue weighted by Crippen LogP contribution is -2.20. The molecule has 1 aromatic rings. The molecule has 0 unspecified atom stereocenters. The summed E-state index contributed by atoms with van der Waals surface area (Å²) in [4.78, 5) is 33.5. The van der Waals surface area contributed by atoms with E-state index in [0.29, 0.717) is 22.9 Å². The summed E-state index contributed by atoms with van der Waals surface area (Å²) in [6, 6.07) is 1.77. The number of hydrogen-bond acceptors (Lipinski definition) is 6. The predicted octanol–water partition coefficient (Wildman–Crippen LogP) is 8.98. The van der Waals surface area contributed by atoms with Gasteiger partial charge in [0.1, 0.15) is 17.3 Å². The van der Waals surface area contributed by atoms with Crippen LogP contribution in [0, 0.1) is 29.1 Å². The second kappa shape index (κ2) is 21.4. The van der Waals surface area contributed by atoms with Gasteiger partial charge < -0.3 is 20.0 Å². The van der Waals surface area contributed by atoms with Gasteiger partial charge in [0.15, 0.2) is 0 Å². The van der Waals surface area contributed by atoms with Crippen LogP contribution in [-0.4, -0.2) is 36.5 Å². The molecule has 0 aromatic carbocycles. The van der Waals surface area contributed by atoms with Gasteiger partial charge in [0.2, 0.25) is 0 Å². The van der Waals surface area contributed by atoms with E-state index in [9.17, 15) is 14.4 Å². The molecule has 228 valence electrons. The number of carboxylic acids is 1. The van der Waals surface area contributed by atoms with E-state index in [1.165, 1.54) is 43.4 Å². The molecule has 2 saturated carbocycles. The number of thiophene rings is 1. The van der Waals surface area contributed by atoms with Gasteiger partial charge in [0, 0.05) is 24.8 Å². The summed E-state index contributed by atoms with van der Waals surface area (Å²) in [6.07, 6.45) is 14.7. The summed E-state index contributed by atoms with van der Waals surface area (Å²) in [5.41, 5.74) is 0.545. The van der Waals surface area contributed by atoms with Crippen molar-refractivity contribution in [1.29, 1.82) is 0 Å². The van der Waals surface area contributed by atoms with Crippen molar-refractivity contribution in [1.82, 2.24) is 0 Å². The van der Waals surface area contributed by atoms with Crippen LogP contribution in [0.25, 0.3) is 0 Å². The van der Waals surface area contributed by atoms with Crippen molar-refractivity contribution in [2.45, 2.75) is 132 Å². The van der Waals surface area contributed by atoms with Crippen molar-refractivity contribution in [3.63, 3.8) is 0 Å². The maximum Gasteiger partial charge on any atom is 0.348 e. The highest BCUT2D eigenvalue weighted by molar-refractivity contribution is 7.15. The van der Waals surface area contributed by atoms with Crippen LogP contribution in [0.2, 0.25) is 0 Å². The molecule has 2 aliphatic carbocycles. The molecule has 0 bridgehead atoms. The Balaban J connectivity index is 0.000000571. The number of unbranched alkanes of at least 4 members (excludes halogenated alkanes) is 1. The smallest absolute Gasteiger partial charge is 0.348 e. The first-order valence-corrected chi connectivity index (χ1v) is 16.0. The average molecular weight is 578 g/mol. The molecule has 40 heavy (non-hydrogen) atoms. The Kier molecular flexibility index (Phi) is 20.2. The van der Waals surface area contributed by atoms with Crippen molar-refractivity contribution in [2.75, 3.05) is 12.4 Å². The molecule has 2 fully saturated rings. The third kappa shape index (κ3) is 17.4. The van der Waals surface area contributed by atoms with Gasteiger partial charge in [-0.05, 0) is 77.7 Å². The van der Waals surface area contributed by atoms with Crippen LogP contribution in [0.3, 0.4) is 0 Å². The van der Waals surface area contributed by atoms with Gasteiger partial charge in [-0.25, -0.2) is 4.79 Å². The lowest BCUT2D eigenvalue weighted by molar-refractivity contribution is -0.150. The number of anilines is 1. The van der Waals surface area contributed by atoms with Crippen LogP contribution in [0.15, 0.2) is 6.07 Å². The van der Waals surface area contributed by atoms with Gasteiger partial charge in [0.25, 0.3) is 0 Å².